The smallest absolute Gasteiger partial charge is 0.259 e. The lowest BCUT2D eigenvalue weighted by molar-refractivity contribution is 0.0795. The van der Waals surface area contributed by atoms with Gasteiger partial charge in [0.25, 0.3) is 5.91 Å². The minimum Gasteiger partial charge on any atom is -0.360 e. The van der Waals surface area contributed by atoms with Gasteiger partial charge in [-0.25, -0.2) is 0 Å². The lowest BCUT2D eigenvalue weighted by atomic mass is 10.1. The van der Waals surface area contributed by atoms with Gasteiger partial charge in [-0.2, -0.15) is 0 Å². The van der Waals surface area contributed by atoms with Gasteiger partial charge in [0.05, 0.1) is 5.02 Å². The first-order chi connectivity index (χ1) is 12.1. The van der Waals surface area contributed by atoms with E-state index in [0.717, 1.165) is 5.69 Å². The third-order valence-electron chi connectivity index (χ3n) is 3.98. The van der Waals surface area contributed by atoms with Crippen LogP contribution < -0.4 is 0 Å². The second-order valence-electron chi connectivity index (χ2n) is 5.74. The topological polar surface area (TPSA) is 59.2 Å². The number of pyridine rings is 1. The van der Waals surface area contributed by atoms with Crippen molar-refractivity contribution in [1.29, 1.82) is 0 Å². The Hall–Kier alpha value is -2.66. The van der Waals surface area contributed by atoms with Crippen molar-refractivity contribution < 1.29 is 9.32 Å². The maximum Gasteiger partial charge on any atom is 0.259 e. The fraction of sp³-hybridized carbons (Fsp3) is 0.211. The highest BCUT2D eigenvalue weighted by Gasteiger charge is 2.25. The summed E-state index contributed by atoms with van der Waals surface area (Å²) in [6.07, 6.45) is 2.42. The van der Waals surface area contributed by atoms with Crippen molar-refractivity contribution in [1.82, 2.24) is 15.0 Å². The summed E-state index contributed by atoms with van der Waals surface area (Å²) in [4.78, 5) is 18.8. The maximum atomic E-state index is 12.9. The Bertz CT molecular complexity index is 877. The van der Waals surface area contributed by atoms with Crippen LogP contribution in [0.15, 0.2) is 53.2 Å². The van der Waals surface area contributed by atoms with Crippen LogP contribution in [0.5, 0.6) is 0 Å². The van der Waals surface area contributed by atoms with Gasteiger partial charge in [-0.05, 0) is 25.1 Å². The zero-order valence-corrected chi connectivity index (χ0v) is 14.8. The van der Waals surface area contributed by atoms with Crippen molar-refractivity contribution in [3.63, 3.8) is 0 Å². The first-order valence-electron chi connectivity index (χ1n) is 7.94. The van der Waals surface area contributed by atoms with E-state index in [1.54, 1.807) is 31.1 Å². The molecule has 0 bridgehead atoms. The molecule has 1 amide bonds. The number of benzene rings is 1. The summed E-state index contributed by atoms with van der Waals surface area (Å²) in [6, 6.07) is 13.0. The van der Waals surface area contributed by atoms with E-state index >= 15 is 0 Å². The number of rotatable bonds is 5. The van der Waals surface area contributed by atoms with E-state index in [-0.39, 0.29) is 5.91 Å². The number of hydrogen-bond donors (Lipinski definition) is 0. The van der Waals surface area contributed by atoms with E-state index in [1.807, 2.05) is 36.4 Å². The van der Waals surface area contributed by atoms with Gasteiger partial charge in [-0.1, -0.05) is 41.0 Å². The van der Waals surface area contributed by atoms with Crippen LogP contribution in [0.3, 0.4) is 0 Å². The summed E-state index contributed by atoms with van der Waals surface area (Å²) < 4.78 is 5.27. The van der Waals surface area contributed by atoms with Gasteiger partial charge in [-0.3, -0.25) is 9.78 Å². The number of likely N-dealkylation sites (N-methyl/N-ethyl adjacent to an activating group) is 1. The van der Waals surface area contributed by atoms with Crippen molar-refractivity contribution in [3.8, 4) is 11.3 Å². The summed E-state index contributed by atoms with van der Waals surface area (Å²) >= 11 is 6.25. The molecule has 0 saturated heterocycles. The SMILES string of the molecule is Cc1onc(-c2ccccc2Cl)c1C(=O)N(C)CCc1ccccn1. The number of amides is 1. The molecule has 0 atom stereocenters. The first-order valence-corrected chi connectivity index (χ1v) is 8.32. The molecule has 5 nitrogen and oxygen atoms in total. The first kappa shape index (κ1) is 17.2. The summed E-state index contributed by atoms with van der Waals surface area (Å²) in [5, 5.41) is 4.58. The van der Waals surface area contributed by atoms with E-state index in [0.29, 0.717) is 40.6 Å². The molecule has 3 rings (SSSR count). The lowest BCUT2D eigenvalue weighted by Crippen LogP contribution is -2.29. The molecule has 0 radical (unpaired) electrons. The molecule has 2 aromatic heterocycles. The molecule has 128 valence electrons. The number of hydrogen-bond acceptors (Lipinski definition) is 4. The van der Waals surface area contributed by atoms with E-state index in [1.165, 1.54) is 0 Å². The van der Waals surface area contributed by atoms with Crippen LogP contribution in [0, 0.1) is 6.92 Å². The van der Waals surface area contributed by atoms with Crippen LogP contribution in [0.1, 0.15) is 21.8 Å². The fourth-order valence-electron chi connectivity index (χ4n) is 2.58. The Morgan fingerprint density at radius 2 is 1.96 bits per heavy atom. The Labute approximate surface area is 151 Å². The van der Waals surface area contributed by atoms with Gasteiger partial charge >= 0.3 is 0 Å². The highest BCUT2D eigenvalue weighted by atomic mass is 35.5. The monoisotopic (exact) mass is 355 g/mol. The average molecular weight is 356 g/mol. The zero-order valence-electron chi connectivity index (χ0n) is 14.1. The second-order valence-corrected chi connectivity index (χ2v) is 6.15. The summed E-state index contributed by atoms with van der Waals surface area (Å²) in [5.74, 6) is 0.328. The lowest BCUT2D eigenvalue weighted by Gasteiger charge is -2.17. The molecule has 2 heterocycles. The summed E-state index contributed by atoms with van der Waals surface area (Å²) in [5.41, 5.74) is 2.53. The molecule has 0 N–H and O–H groups in total. The van der Waals surface area contributed by atoms with Gasteiger partial charge in [0.1, 0.15) is 17.0 Å². The maximum absolute atomic E-state index is 12.9. The predicted octanol–water partition coefficient (Wildman–Crippen LogP) is 4.01. The van der Waals surface area contributed by atoms with Crippen LogP contribution >= 0.6 is 11.6 Å². The number of carbonyl (C=O) groups is 1. The average Bonchev–Trinajstić information content (AvgIpc) is 3.01. The second kappa shape index (κ2) is 7.49. The molecule has 0 saturated carbocycles. The van der Waals surface area contributed by atoms with Crippen LogP contribution in [-0.2, 0) is 6.42 Å². The Morgan fingerprint density at radius 3 is 2.68 bits per heavy atom. The van der Waals surface area contributed by atoms with Crippen molar-refractivity contribution in [2.45, 2.75) is 13.3 Å². The van der Waals surface area contributed by atoms with Gasteiger partial charge in [-0.15, -0.1) is 0 Å². The van der Waals surface area contributed by atoms with E-state index in [2.05, 4.69) is 10.1 Å². The molecule has 1 aromatic carbocycles. The number of aryl methyl sites for hydroxylation is 1. The molecule has 0 fully saturated rings. The molecule has 25 heavy (non-hydrogen) atoms. The van der Waals surface area contributed by atoms with Crippen molar-refractivity contribution in [3.05, 3.63) is 70.7 Å². The normalized spacial score (nSPS) is 10.7. The van der Waals surface area contributed by atoms with E-state index in [4.69, 9.17) is 16.1 Å². The van der Waals surface area contributed by atoms with E-state index in [9.17, 15) is 4.79 Å². The summed E-state index contributed by atoms with van der Waals surface area (Å²) in [7, 11) is 1.76. The standard InChI is InChI=1S/C19H18ClN3O2/c1-13-17(18(22-25-13)15-8-3-4-9-16(15)20)19(24)23(2)12-10-14-7-5-6-11-21-14/h3-9,11H,10,12H2,1-2H3. The van der Waals surface area contributed by atoms with Crippen molar-refractivity contribution >= 4 is 17.5 Å². The third-order valence-corrected chi connectivity index (χ3v) is 4.31. The van der Waals surface area contributed by atoms with Crippen LogP contribution in [-0.4, -0.2) is 34.5 Å². The molecule has 0 aliphatic rings. The highest BCUT2D eigenvalue weighted by molar-refractivity contribution is 6.33. The van der Waals surface area contributed by atoms with Crippen molar-refractivity contribution in [2.75, 3.05) is 13.6 Å². The largest absolute Gasteiger partial charge is 0.360 e. The molecular formula is C19H18ClN3O2. The van der Waals surface area contributed by atoms with E-state index < -0.39 is 0 Å². The Balaban J connectivity index is 1.83. The van der Waals surface area contributed by atoms with Crippen LogP contribution in [0.25, 0.3) is 11.3 Å². The van der Waals surface area contributed by atoms with Crippen LogP contribution in [0.2, 0.25) is 5.02 Å². The summed E-state index contributed by atoms with van der Waals surface area (Å²) in [6.45, 7) is 2.27. The third kappa shape index (κ3) is 3.72. The molecule has 3 aromatic rings. The van der Waals surface area contributed by atoms with Gasteiger partial charge in [0, 0.05) is 37.5 Å². The molecule has 6 heteroatoms. The quantitative estimate of drug-likeness (QED) is 0.693. The Morgan fingerprint density at radius 1 is 1.20 bits per heavy atom. The number of aromatic nitrogens is 2. The predicted molar refractivity (Wildman–Crippen MR) is 96.6 cm³/mol. The molecule has 0 aliphatic carbocycles. The van der Waals surface area contributed by atoms with Crippen molar-refractivity contribution in [2.24, 2.45) is 0 Å². The minimum absolute atomic E-state index is 0.149. The molecule has 0 aliphatic heterocycles. The highest BCUT2D eigenvalue weighted by Crippen LogP contribution is 2.31. The fourth-order valence-corrected chi connectivity index (χ4v) is 2.81. The molecule has 0 spiro atoms. The van der Waals surface area contributed by atoms with Crippen LogP contribution in [0.4, 0.5) is 0 Å². The molecule has 0 unspecified atom stereocenters. The minimum atomic E-state index is -0.149. The number of carbonyl (C=O) groups excluding carboxylic acids is 1. The molecular weight excluding hydrogens is 338 g/mol. The number of halogens is 1. The Kier molecular flexibility index (Phi) is 5.14. The van der Waals surface area contributed by atoms with Gasteiger partial charge in [0.2, 0.25) is 0 Å². The van der Waals surface area contributed by atoms with Gasteiger partial charge < -0.3 is 9.42 Å². The zero-order chi connectivity index (χ0) is 17.8. The number of nitrogens with zero attached hydrogens (tertiary/aromatic N) is 3. The van der Waals surface area contributed by atoms with Gasteiger partial charge in [0.15, 0.2) is 0 Å².